The van der Waals surface area contributed by atoms with E-state index in [2.05, 4.69) is 14.4 Å². The number of nitrogen functional groups attached to an aromatic ring is 1. The summed E-state index contributed by atoms with van der Waals surface area (Å²) >= 11 is 0. The molecule has 7 nitrogen and oxygen atoms in total. The third kappa shape index (κ3) is 4.06. The molecule has 0 bridgehead atoms. The van der Waals surface area contributed by atoms with E-state index in [0.29, 0.717) is 0 Å². The summed E-state index contributed by atoms with van der Waals surface area (Å²) in [7, 11) is -2.59. The fourth-order valence-electron chi connectivity index (χ4n) is 2.52. The minimum Gasteiger partial charge on any atom is -0.465 e. The molecule has 0 radical (unpaired) electrons. The smallest absolute Gasteiger partial charge is 0.339 e. The minimum atomic E-state index is -3.84. The Hall–Kier alpha value is -3.39. The normalized spacial score (nSPS) is 11.0. The molecule has 0 unspecified atom stereocenters. The number of aromatic nitrogens is 1. The lowest BCUT2D eigenvalue weighted by Crippen LogP contribution is -2.14. The first kappa shape index (κ1) is 18.4. The van der Waals surface area contributed by atoms with E-state index in [9.17, 15) is 13.2 Å². The van der Waals surface area contributed by atoms with Crippen LogP contribution in [0.15, 0.2) is 71.9 Å². The van der Waals surface area contributed by atoms with Crippen molar-refractivity contribution in [1.29, 1.82) is 0 Å². The van der Waals surface area contributed by atoms with E-state index in [1.807, 2.05) is 6.07 Å². The van der Waals surface area contributed by atoms with Gasteiger partial charge in [-0.15, -0.1) is 0 Å². The van der Waals surface area contributed by atoms with Crippen molar-refractivity contribution in [2.45, 2.75) is 4.90 Å². The van der Waals surface area contributed by atoms with Gasteiger partial charge >= 0.3 is 5.97 Å². The first-order chi connectivity index (χ1) is 12.9. The lowest BCUT2D eigenvalue weighted by atomic mass is 10.1. The van der Waals surface area contributed by atoms with Crippen molar-refractivity contribution in [2.75, 3.05) is 17.6 Å². The molecule has 3 N–H and O–H groups in total. The van der Waals surface area contributed by atoms with Crippen molar-refractivity contribution in [1.82, 2.24) is 4.98 Å². The first-order valence-corrected chi connectivity index (χ1v) is 9.40. The Balaban J connectivity index is 1.89. The van der Waals surface area contributed by atoms with E-state index >= 15 is 0 Å². The van der Waals surface area contributed by atoms with Gasteiger partial charge in [0.1, 0.15) is 0 Å². The van der Waals surface area contributed by atoms with Crippen molar-refractivity contribution in [2.24, 2.45) is 0 Å². The number of carbonyl (C=O) groups excluding carboxylic acids is 1. The van der Waals surface area contributed by atoms with Crippen LogP contribution in [0, 0.1) is 0 Å². The number of nitrogens with zero attached hydrogens (tertiary/aromatic N) is 1. The Morgan fingerprint density at radius 1 is 1.04 bits per heavy atom. The number of nitrogens with one attached hydrogen (secondary N) is 1. The number of pyridine rings is 1. The molecule has 0 amide bonds. The molecule has 2 aromatic carbocycles. The molecule has 138 valence electrons. The van der Waals surface area contributed by atoms with Crippen molar-refractivity contribution in [3.8, 4) is 11.1 Å². The highest BCUT2D eigenvalue weighted by molar-refractivity contribution is 7.92. The summed E-state index contributed by atoms with van der Waals surface area (Å²) in [5, 5.41) is 0. The summed E-state index contributed by atoms with van der Waals surface area (Å²) in [6.45, 7) is 0. The standard InChI is InChI=1S/C19H17N3O4S/c1-26-19(23)17-6-5-15(12-18(17)20)22-27(24,25)16-4-2-3-14(11-16)13-7-9-21-10-8-13/h2-12,22H,20H2,1H3. The zero-order valence-corrected chi connectivity index (χ0v) is 15.2. The van der Waals surface area contributed by atoms with Crippen molar-refractivity contribution < 1.29 is 17.9 Å². The molecule has 3 rings (SSSR count). The van der Waals surface area contributed by atoms with Crippen LogP contribution in [0.25, 0.3) is 11.1 Å². The van der Waals surface area contributed by atoms with E-state index in [1.165, 1.54) is 31.4 Å². The number of hydrogen-bond donors (Lipinski definition) is 2. The second-order valence-electron chi connectivity index (χ2n) is 5.66. The molecule has 0 aliphatic carbocycles. The van der Waals surface area contributed by atoms with Gasteiger partial charge in [-0.1, -0.05) is 12.1 Å². The van der Waals surface area contributed by atoms with Crippen LogP contribution >= 0.6 is 0 Å². The van der Waals surface area contributed by atoms with Crippen LogP contribution in [-0.4, -0.2) is 26.5 Å². The summed E-state index contributed by atoms with van der Waals surface area (Å²) in [4.78, 5) is 15.6. The van der Waals surface area contributed by atoms with Gasteiger partial charge in [0.15, 0.2) is 0 Å². The maximum absolute atomic E-state index is 12.7. The lowest BCUT2D eigenvalue weighted by molar-refractivity contribution is 0.0602. The van der Waals surface area contributed by atoms with Crippen LogP contribution in [0.1, 0.15) is 10.4 Å². The second-order valence-corrected chi connectivity index (χ2v) is 7.35. The molecule has 0 aliphatic heterocycles. The summed E-state index contributed by atoms with van der Waals surface area (Å²) in [5.74, 6) is -0.591. The predicted octanol–water partition coefficient (Wildman–Crippen LogP) is 2.92. The maximum atomic E-state index is 12.7. The second kappa shape index (κ2) is 7.46. The third-order valence-corrected chi connectivity index (χ3v) is 5.25. The fourth-order valence-corrected chi connectivity index (χ4v) is 3.62. The number of sulfonamides is 1. The zero-order valence-electron chi connectivity index (χ0n) is 14.4. The van der Waals surface area contributed by atoms with Crippen molar-refractivity contribution >= 4 is 27.4 Å². The number of nitrogens with two attached hydrogens (primary N) is 1. The Kier molecular flexibility index (Phi) is 5.09. The zero-order chi connectivity index (χ0) is 19.4. The highest BCUT2D eigenvalue weighted by Gasteiger charge is 2.17. The number of ether oxygens (including phenoxy) is 1. The third-order valence-electron chi connectivity index (χ3n) is 3.87. The van der Waals surface area contributed by atoms with Gasteiger partial charge < -0.3 is 10.5 Å². The van der Waals surface area contributed by atoms with E-state index < -0.39 is 16.0 Å². The average molecular weight is 383 g/mol. The number of esters is 1. The molecule has 0 spiro atoms. The lowest BCUT2D eigenvalue weighted by Gasteiger charge is -2.11. The number of benzene rings is 2. The topological polar surface area (TPSA) is 111 Å². The number of methoxy groups -OCH3 is 1. The Bertz CT molecular complexity index is 1080. The van der Waals surface area contributed by atoms with Gasteiger partial charge in [-0.3, -0.25) is 9.71 Å². The van der Waals surface area contributed by atoms with Crippen LogP contribution in [0.2, 0.25) is 0 Å². The van der Waals surface area contributed by atoms with Crippen LogP contribution in [0.4, 0.5) is 11.4 Å². The average Bonchev–Trinajstić information content (AvgIpc) is 2.68. The van der Waals surface area contributed by atoms with Crippen molar-refractivity contribution in [3.63, 3.8) is 0 Å². The molecule has 1 heterocycles. The van der Waals surface area contributed by atoms with Gasteiger partial charge in [-0.25, -0.2) is 13.2 Å². The molecule has 3 aromatic rings. The maximum Gasteiger partial charge on any atom is 0.339 e. The molecule has 0 saturated carbocycles. The Morgan fingerprint density at radius 2 is 1.78 bits per heavy atom. The van der Waals surface area contributed by atoms with E-state index in [4.69, 9.17) is 5.73 Å². The summed E-state index contributed by atoms with van der Waals surface area (Å²) in [6, 6.07) is 14.4. The molecule has 0 fully saturated rings. The van der Waals surface area contributed by atoms with Crippen molar-refractivity contribution in [3.05, 3.63) is 72.6 Å². The summed E-state index contributed by atoms with van der Waals surface area (Å²) < 4.78 is 32.5. The van der Waals surface area contributed by atoms with E-state index in [-0.39, 0.29) is 21.8 Å². The number of hydrogen-bond acceptors (Lipinski definition) is 6. The first-order valence-electron chi connectivity index (χ1n) is 7.92. The number of carbonyl (C=O) groups is 1. The van der Waals surface area contributed by atoms with E-state index in [1.54, 1.807) is 36.7 Å². The molecule has 0 aliphatic rings. The van der Waals surface area contributed by atoms with Gasteiger partial charge in [-0.05, 0) is 53.6 Å². The Labute approximate surface area is 156 Å². The summed E-state index contributed by atoms with van der Waals surface area (Å²) in [5.41, 5.74) is 7.95. The van der Waals surface area contributed by atoms with Crippen LogP contribution in [0.3, 0.4) is 0 Å². The molecule has 1 aromatic heterocycles. The molecule has 8 heteroatoms. The minimum absolute atomic E-state index is 0.104. The fraction of sp³-hybridized carbons (Fsp3) is 0.0526. The van der Waals surface area contributed by atoms with Gasteiger partial charge in [0.05, 0.1) is 23.3 Å². The molecular weight excluding hydrogens is 366 g/mol. The van der Waals surface area contributed by atoms with Crippen LogP contribution in [0.5, 0.6) is 0 Å². The quantitative estimate of drug-likeness (QED) is 0.518. The SMILES string of the molecule is COC(=O)c1ccc(NS(=O)(=O)c2cccc(-c3ccncc3)c2)cc1N. The van der Waals surface area contributed by atoms with Gasteiger partial charge in [0.25, 0.3) is 10.0 Å². The van der Waals surface area contributed by atoms with Crippen LogP contribution < -0.4 is 10.5 Å². The predicted molar refractivity (Wildman–Crippen MR) is 103 cm³/mol. The van der Waals surface area contributed by atoms with E-state index in [0.717, 1.165) is 11.1 Å². The highest BCUT2D eigenvalue weighted by Crippen LogP contribution is 2.25. The number of anilines is 2. The van der Waals surface area contributed by atoms with Gasteiger partial charge in [0.2, 0.25) is 0 Å². The summed E-state index contributed by atoms with van der Waals surface area (Å²) in [6.07, 6.45) is 3.28. The highest BCUT2D eigenvalue weighted by atomic mass is 32.2. The molecule has 27 heavy (non-hydrogen) atoms. The Morgan fingerprint density at radius 3 is 2.44 bits per heavy atom. The van der Waals surface area contributed by atoms with Crippen LogP contribution in [-0.2, 0) is 14.8 Å². The molecule has 0 saturated heterocycles. The van der Waals surface area contributed by atoms with Gasteiger partial charge in [0, 0.05) is 18.1 Å². The molecule has 0 atom stereocenters. The number of rotatable bonds is 5. The van der Waals surface area contributed by atoms with Gasteiger partial charge in [-0.2, -0.15) is 0 Å². The monoisotopic (exact) mass is 383 g/mol. The molecular formula is C19H17N3O4S. The largest absolute Gasteiger partial charge is 0.465 e.